The molecule has 0 saturated carbocycles. The van der Waals surface area contributed by atoms with Crippen molar-refractivity contribution >= 4 is 27.5 Å². The van der Waals surface area contributed by atoms with Gasteiger partial charge in [0.25, 0.3) is 5.91 Å². The molecule has 2 aliphatic rings. The zero-order valence-electron chi connectivity index (χ0n) is 26.7. The highest BCUT2D eigenvalue weighted by Crippen LogP contribution is 2.34. The molecule has 1 fully saturated rings. The molecule has 45 heavy (non-hydrogen) atoms. The Kier molecular flexibility index (Phi) is 10.8. The lowest BCUT2D eigenvalue weighted by Crippen LogP contribution is -2.36. The molecule has 0 atom stereocenters. The van der Waals surface area contributed by atoms with E-state index in [1.807, 2.05) is 69.3 Å². The summed E-state index contributed by atoms with van der Waals surface area (Å²) in [6, 6.07) is 17.8. The van der Waals surface area contributed by atoms with Gasteiger partial charge in [-0.05, 0) is 123 Å². The van der Waals surface area contributed by atoms with Crippen molar-refractivity contribution in [3.05, 3.63) is 82.4 Å². The molecule has 1 amide bonds. The lowest BCUT2D eigenvalue weighted by molar-refractivity contribution is -0.112. The molecule has 2 aliphatic heterocycles. The van der Waals surface area contributed by atoms with Crippen LogP contribution in [0.5, 0.6) is 5.75 Å². The molecule has 1 saturated heterocycles. The van der Waals surface area contributed by atoms with E-state index in [1.165, 1.54) is 5.56 Å². The van der Waals surface area contributed by atoms with Gasteiger partial charge in [-0.15, -0.1) is 0 Å². The van der Waals surface area contributed by atoms with Crippen molar-refractivity contribution in [2.24, 2.45) is 0 Å². The highest BCUT2D eigenvalue weighted by Gasteiger charge is 2.25. The largest absolute Gasteiger partial charge is 0.491 e. The zero-order chi connectivity index (χ0) is 32.0. The third kappa shape index (κ3) is 8.21. The number of anilines is 1. The molecule has 2 heterocycles. The van der Waals surface area contributed by atoms with Crippen LogP contribution in [-0.2, 0) is 30.7 Å². The molecule has 3 aromatic carbocycles. The number of hydrogen-bond acceptors (Lipinski definition) is 7. The van der Waals surface area contributed by atoms with Gasteiger partial charge in [0, 0.05) is 43.7 Å². The fourth-order valence-corrected chi connectivity index (χ4v) is 7.52. The van der Waals surface area contributed by atoms with E-state index in [1.54, 1.807) is 12.1 Å². The Balaban J connectivity index is 1.32. The third-order valence-corrected chi connectivity index (χ3v) is 10.3. The van der Waals surface area contributed by atoms with Gasteiger partial charge in [0.05, 0.1) is 17.3 Å². The van der Waals surface area contributed by atoms with Crippen molar-refractivity contribution in [3.8, 4) is 16.9 Å². The summed E-state index contributed by atoms with van der Waals surface area (Å²) >= 11 is 0. The maximum atomic E-state index is 13.4. The first-order valence-electron chi connectivity index (χ1n) is 15.7. The molecule has 1 N–H and O–H groups in total. The van der Waals surface area contributed by atoms with Crippen LogP contribution in [0.1, 0.15) is 48.4 Å². The van der Waals surface area contributed by atoms with Crippen molar-refractivity contribution in [2.45, 2.75) is 57.5 Å². The van der Waals surface area contributed by atoms with Crippen LogP contribution in [0.4, 0.5) is 5.69 Å². The number of carbonyl (C=O) groups is 1. The Bertz CT molecular complexity index is 1620. The van der Waals surface area contributed by atoms with Gasteiger partial charge in [-0.1, -0.05) is 18.2 Å². The summed E-state index contributed by atoms with van der Waals surface area (Å²) in [6.07, 6.45) is 3.94. The second-order valence-corrected chi connectivity index (χ2v) is 14.0. The standard InChI is InChI=1S/C36H44N2O6S/c1-5-42-17-18-44-35-25(2)20-30(21-26(35)3)28-8-11-34-31(22-28)23-29(14-19-45(34,40)41)36(39)37-32-9-6-27(7-10-32)24-38(4)33-12-15-43-16-13-33/h6-11,20-23,33H,5,12-19,24H2,1-4H3,(H,37,39). The first kappa shape index (κ1) is 32.9. The van der Waals surface area contributed by atoms with Crippen LogP contribution in [0.2, 0.25) is 0 Å². The average Bonchev–Trinajstić information content (AvgIpc) is 3.16. The van der Waals surface area contributed by atoms with Gasteiger partial charge in [-0.3, -0.25) is 9.69 Å². The number of amides is 1. The maximum absolute atomic E-state index is 13.4. The van der Waals surface area contributed by atoms with Crippen LogP contribution < -0.4 is 10.1 Å². The van der Waals surface area contributed by atoms with Crippen LogP contribution in [0, 0.1) is 13.8 Å². The van der Waals surface area contributed by atoms with Crippen LogP contribution in [0.3, 0.4) is 0 Å². The van der Waals surface area contributed by atoms with Gasteiger partial charge in [-0.25, -0.2) is 8.42 Å². The molecule has 0 aromatic heterocycles. The Morgan fingerprint density at radius 1 is 0.978 bits per heavy atom. The molecule has 3 aromatic rings. The molecule has 0 aliphatic carbocycles. The number of ether oxygens (including phenoxy) is 3. The number of aryl methyl sites for hydroxylation is 2. The number of benzene rings is 3. The number of nitrogens with one attached hydrogen (secondary N) is 1. The van der Waals surface area contributed by atoms with Gasteiger partial charge >= 0.3 is 0 Å². The molecule has 0 unspecified atom stereocenters. The topological polar surface area (TPSA) is 94.2 Å². The monoisotopic (exact) mass is 632 g/mol. The minimum atomic E-state index is -3.56. The molecular weight excluding hydrogens is 588 g/mol. The first-order chi connectivity index (χ1) is 21.6. The molecule has 0 bridgehead atoms. The van der Waals surface area contributed by atoms with Crippen molar-refractivity contribution in [2.75, 3.05) is 51.2 Å². The summed E-state index contributed by atoms with van der Waals surface area (Å²) in [6.45, 7) is 10.0. The summed E-state index contributed by atoms with van der Waals surface area (Å²) in [4.78, 5) is 16.0. The SMILES string of the molecule is CCOCCOc1c(C)cc(-c2ccc3c(c2)C=C(C(=O)Nc2ccc(CN(C)C4CCOCC4)cc2)CCS3(=O)=O)cc1C. The van der Waals surface area contributed by atoms with Crippen LogP contribution in [0.25, 0.3) is 17.2 Å². The highest BCUT2D eigenvalue weighted by molar-refractivity contribution is 7.91. The fraction of sp³-hybridized carbons (Fsp3) is 0.417. The number of sulfone groups is 1. The van der Waals surface area contributed by atoms with E-state index >= 15 is 0 Å². The molecule has 5 rings (SSSR count). The van der Waals surface area contributed by atoms with Gasteiger partial charge < -0.3 is 19.5 Å². The fourth-order valence-electron chi connectivity index (χ4n) is 6.06. The summed E-state index contributed by atoms with van der Waals surface area (Å²) in [5, 5.41) is 2.98. The van der Waals surface area contributed by atoms with Gasteiger partial charge in [0.1, 0.15) is 12.4 Å². The minimum Gasteiger partial charge on any atom is -0.491 e. The maximum Gasteiger partial charge on any atom is 0.251 e. The third-order valence-electron chi connectivity index (χ3n) is 8.54. The summed E-state index contributed by atoms with van der Waals surface area (Å²) in [5.74, 6) is 0.409. The number of rotatable bonds is 11. The Morgan fingerprint density at radius 2 is 1.69 bits per heavy atom. The Hall–Kier alpha value is -3.50. The Morgan fingerprint density at radius 3 is 2.38 bits per heavy atom. The van der Waals surface area contributed by atoms with E-state index in [9.17, 15) is 13.2 Å². The minimum absolute atomic E-state index is 0.123. The predicted octanol–water partition coefficient (Wildman–Crippen LogP) is 6.20. The Labute approximate surface area is 267 Å². The molecular formula is C36H44N2O6S. The van der Waals surface area contributed by atoms with Gasteiger partial charge in [0.15, 0.2) is 9.84 Å². The quantitative estimate of drug-likeness (QED) is 0.252. The normalized spacial score (nSPS) is 16.5. The molecule has 8 nitrogen and oxygen atoms in total. The number of carbonyl (C=O) groups excluding carboxylic acids is 1. The van der Waals surface area contributed by atoms with E-state index < -0.39 is 9.84 Å². The predicted molar refractivity (Wildman–Crippen MR) is 178 cm³/mol. The van der Waals surface area contributed by atoms with Crippen molar-refractivity contribution in [1.29, 1.82) is 0 Å². The lowest BCUT2D eigenvalue weighted by Gasteiger charge is -2.31. The van der Waals surface area contributed by atoms with Crippen molar-refractivity contribution in [3.63, 3.8) is 0 Å². The molecule has 9 heteroatoms. The van der Waals surface area contributed by atoms with Crippen LogP contribution in [0.15, 0.2) is 65.1 Å². The van der Waals surface area contributed by atoms with Gasteiger partial charge in [-0.2, -0.15) is 0 Å². The molecule has 0 radical (unpaired) electrons. The van der Waals surface area contributed by atoms with Gasteiger partial charge in [0.2, 0.25) is 0 Å². The second-order valence-electron chi connectivity index (χ2n) is 11.9. The number of nitrogens with zero attached hydrogens (tertiary/aromatic N) is 1. The highest BCUT2D eigenvalue weighted by atomic mass is 32.2. The molecule has 0 spiro atoms. The summed E-state index contributed by atoms with van der Waals surface area (Å²) in [5.41, 5.74) is 6.59. The smallest absolute Gasteiger partial charge is 0.251 e. The summed E-state index contributed by atoms with van der Waals surface area (Å²) in [7, 11) is -1.42. The van der Waals surface area contributed by atoms with Crippen LogP contribution >= 0.6 is 0 Å². The van der Waals surface area contributed by atoms with Crippen LogP contribution in [-0.4, -0.2) is 71.1 Å². The van der Waals surface area contributed by atoms with E-state index in [-0.39, 0.29) is 23.0 Å². The molecule has 240 valence electrons. The van der Waals surface area contributed by atoms with Crippen molar-refractivity contribution < 1.29 is 27.4 Å². The zero-order valence-corrected chi connectivity index (χ0v) is 27.5. The van der Waals surface area contributed by atoms with Crippen molar-refractivity contribution in [1.82, 2.24) is 4.90 Å². The van der Waals surface area contributed by atoms with E-state index in [4.69, 9.17) is 14.2 Å². The number of fused-ring (bicyclic) bond motifs is 1. The van der Waals surface area contributed by atoms with E-state index in [0.717, 1.165) is 60.6 Å². The number of hydrogen-bond donors (Lipinski definition) is 1. The van der Waals surface area contributed by atoms with E-state index in [0.29, 0.717) is 42.7 Å². The first-order valence-corrected chi connectivity index (χ1v) is 17.4. The lowest BCUT2D eigenvalue weighted by atomic mass is 9.97. The van der Waals surface area contributed by atoms with E-state index in [2.05, 4.69) is 17.3 Å². The summed E-state index contributed by atoms with van der Waals surface area (Å²) < 4.78 is 43.3. The average molecular weight is 633 g/mol. The second kappa shape index (κ2) is 14.7.